The van der Waals surface area contributed by atoms with Gasteiger partial charge in [0, 0.05) is 6.42 Å². The average Bonchev–Trinajstić information content (AvgIpc) is 2.50. The van der Waals surface area contributed by atoms with Gasteiger partial charge in [-0.1, -0.05) is 42.5 Å². The number of carboxylic acid groups (broad SMARTS) is 1. The zero-order chi connectivity index (χ0) is 15.2. The molecule has 0 aromatic heterocycles. The number of carbonyl (C=O) groups is 2. The van der Waals surface area contributed by atoms with Crippen molar-refractivity contribution in [3.8, 4) is 0 Å². The van der Waals surface area contributed by atoms with Crippen molar-refractivity contribution in [2.24, 2.45) is 0 Å². The summed E-state index contributed by atoms with van der Waals surface area (Å²) in [4.78, 5) is 22.5. The number of fused-ring (bicyclic) bond motifs is 1. The summed E-state index contributed by atoms with van der Waals surface area (Å²) in [6.07, 6.45) is 0.697. The van der Waals surface area contributed by atoms with E-state index < -0.39 is 18.6 Å². The summed E-state index contributed by atoms with van der Waals surface area (Å²) in [5.41, 5.74) is 1.04. The first-order valence-electron chi connectivity index (χ1n) is 6.71. The molecule has 0 spiro atoms. The number of carbonyl (C=O) groups excluding carboxylic acids is 1. The molecule has 0 radical (unpaired) electrons. The molecule has 0 fully saturated rings. The second-order valence-corrected chi connectivity index (χ2v) is 4.78. The van der Waals surface area contributed by atoms with Crippen LogP contribution < -0.4 is 5.32 Å². The van der Waals surface area contributed by atoms with E-state index in [1.54, 1.807) is 0 Å². The van der Waals surface area contributed by atoms with E-state index in [9.17, 15) is 9.59 Å². The van der Waals surface area contributed by atoms with E-state index in [-0.39, 0.29) is 12.3 Å². The molecule has 0 bridgehead atoms. The highest BCUT2D eigenvalue weighted by Gasteiger charge is 2.18. The van der Waals surface area contributed by atoms with Crippen LogP contribution in [-0.2, 0) is 16.0 Å². The van der Waals surface area contributed by atoms with Gasteiger partial charge >= 0.3 is 5.97 Å². The smallest absolute Gasteiger partial charge is 0.328 e. The average molecular weight is 287 g/mol. The molecule has 2 aromatic carbocycles. The van der Waals surface area contributed by atoms with Gasteiger partial charge in [0.1, 0.15) is 6.04 Å². The molecule has 0 aliphatic carbocycles. The number of aliphatic hydroxyl groups excluding tert-OH is 1. The minimum absolute atomic E-state index is 0.178. The maximum Gasteiger partial charge on any atom is 0.328 e. The Balaban J connectivity index is 2.02. The third-order valence-electron chi connectivity index (χ3n) is 3.32. The number of carboxylic acids is 1. The van der Waals surface area contributed by atoms with Crippen LogP contribution in [0.15, 0.2) is 42.5 Å². The Morgan fingerprint density at radius 2 is 1.81 bits per heavy atom. The molecule has 0 heterocycles. The van der Waals surface area contributed by atoms with Crippen molar-refractivity contribution in [2.75, 3.05) is 6.61 Å². The SMILES string of the molecule is O=C(CCc1cccc2ccccc12)N[C@@H](CO)C(=O)O. The fraction of sp³-hybridized carbons (Fsp3) is 0.250. The Bertz CT molecular complexity index is 648. The van der Waals surface area contributed by atoms with Crippen molar-refractivity contribution in [1.82, 2.24) is 5.32 Å². The number of rotatable bonds is 6. The Morgan fingerprint density at radius 3 is 2.52 bits per heavy atom. The number of hydrogen-bond donors (Lipinski definition) is 3. The number of nitrogens with one attached hydrogen (secondary N) is 1. The number of aliphatic hydroxyl groups is 1. The summed E-state index contributed by atoms with van der Waals surface area (Å²) >= 11 is 0. The first kappa shape index (κ1) is 15.0. The fourth-order valence-electron chi connectivity index (χ4n) is 2.21. The molecule has 21 heavy (non-hydrogen) atoms. The summed E-state index contributed by atoms with van der Waals surface area (Å²) in [5.74, 6) is -1.62. The number of aryl methyl sites for hydroxylation is 1. The van der Waals surface area contributed by atoms with Gasteiger partial charge in [0.25, 0.3) is 0 Å². The first-order valence-corrected chi connectivity index (χ1v) is 6.71. The van der Waals surface area contributed by atoms with Gasteiger partial charge in [-0.2, -0.15) is 0 Å². The van der Waals surface area contributed by atoms with Gasteiger partial charge in [-0.3, -0.25) is 4.79 Å². The zero-order valence-corrected chi connectivity index (χ0v) is 11.5. The molecule has 0 aliphatic heterocycles. The summed E-state index contributed by atoms with van der Waals surface area (Å²) < 4.78 is 0. The van der Waals surface area contributed by atoms with Crippen LogP contribution in [0.5, 0.6) is 0 Å². The number of benzene rings is 2. The van der Waals surface area contributed by atoms with Gasteiger partial charge in [0.05, 0.1) is 6.61 Å². The molecular weight excluding hydrogens is 270 g/mol. The standard InChI is InChI=1S/C16H17NO4/c18-10-14(16(20)21)17-15(19)9-8-12-6-3-5-11-4-1-2-7-13(11)12/h1-7,14,18H,8-10H2,(H,17,19)(H,20,21)/t14-/m0/s1. The maximum atomic E-state index is 11.7. The molecule has 2 rings (SSSR count). The Labute approximate surface area is 122 Å². The number of amides is 1. The van der Waals surface area contributed by atoms with E-state index in [0.29, 0.717) is 6.42 Å². The Morgan fingerprint density at radius 1 is 1.10 bits per heavy atom. The van der Waals surface area contributed by atoms with Crippen LogP contribution in [0.25, 0.3) is 10.8 Å². The molecule has 2 aromatic rings. The molecule has 3 N–H and O–H groups in total. The van der Waals surface area contributed by atoms with Crippen molar-refractivity contribution < 1.29 is 19.8 Å². The van der Waals surface area contributed by atoms with Crippen LogP contribution in [-0.4, -0.2) is 34.7 Å². The van der Waals surface area contributed by atoms with Gasteiger partial charge in [-0.15, -0.1) is 0 Å². The number of hydrogen-bond acceptors (Lipinski definition) is 3. The molecule has 110 valence electrons. The topological polar surface area (TPSA) is 86.6 Å². The van der Waals surface area contributed by atoms with Crippen molar-refractivity contribution in [3.05, 3.63) is 48.0 Å². The minimum Gasteiger partial charge on any atom is -0.480 e. The van der Waals surface area contributed by atoms with Crippen LogP contribution in [0.3, 0.4) is 0 Å². The van der Waals surface area contributed by atoms with Crippen molar-refractivity contribution in [2.45, 2.75) is 18.9 Å². The lowest BCUT2D eigenvalue weighted by Gasteiger charge is -2.12. The molecule has 0 saturated heterocycles. The molecule has 0 saturated carbocycles. The highest BCUT2D eigenvalue weighted by Crippen LogP contribution is 2.19. The van der Waals surface area contributed by atoms with E-state index in [2.05, 4.69) is 5.32 Å². The molecule has 5 heteroatoms. The summed E-state index contributed by atoms with van der Waals surface area (Å²) in [5, 5.41) is 22.1. The maximum absolute atomic E-state index is 11.7. The molecule has 5 nitrogen and oxygen atoms in total. The van der Waals surface area contributed by atoms with Gasteiger partial charge in [0.2, 0.25) is 5.91 Å². The van der Waals surface area contributed by atoms with E-state index in [0.717, 1.165) is 16.3 Å². The van der Waals surface area contributed by atoms with E-state index in [4.69, 9.17) is 10.2 Å². The van der Waals surface area contributed by atoms with Gasteiger partial charge in [0.15, 0.2) is 0 Å². The molecular formula is C16H17NO4. The van der Waals surface area contributed by atoms with Gasteiger partial charge < -0.3 is 15.5 Å². The van der Waals surface area contributed by atoms with E-state index in [1.165, 1.54) is 0 Å². The van der Waals surface area contributed by atoms with Crippen LogP contribution in [0, 0.1) is 0 Å². The molecule has 0 aliphatic rings. The minimum atomic E-state index is -1.25. The zero-order valence-electron chi connectivity index (χ0n) is 11.5. The Kier molecular flexibility index (Phi) is 4.90. The van der Waals surface area contributed by atoms with E-state index in [1.807, 2.05) is 42.5 Å². The second-order valence-electron chi connectivity index (χ2n) is 4.78. The third-order valence-corrected chi connectivity index (χ3v) is 3.32. The van der Waals surface area contributed by atoms with Crippen LogP contribution in [0.1, 0.15) is 12.0 Å². The largest absolute Gasteiger partial charge is 0.480 e. The lowest BCUT2D eigenvalue weighted by atomic mass is 10.0. The van der Waals surface area contributed by atoms with Crippen molar-refractivity contribution >= 4 is 22.6 Å². The highest BCUT2D eigenvalue weighted by molar-refractivity contribution is 5.87. The summed E-state index contributed by atoms with van der Waals surface area (Å²) in [6.45, 7) is -0.616. The molecule has 1 amide bonds. The number of aliphatic carboxylic acids is 1. The van der Waals surface area contributed by atoms with Gasteiger partial charge in [-0.25, -0.2) is 4.79 Å². The van der Waals surface area contributed by atoms with Crippen molar-refractivity contribution in [1.29, 1.82) is 0 Å². The fourth-order valence-corrected chi connectivity index (χ4v) is 2.21. The monoisotopic (exact) mass is 287 g/mol. The normalized spacial score (nSPS) is 12.0. The quantitative estimate of drug-likeness (QED) is 0.748. The predicted molar refractivity (Wildman–Crippen MR) is 78.9 cm³/mol. The molecule has 0 unspecified atom stereocenters. The van der Waals surface area contributed by atoms with Crippen LogP contribution in [0.4, 0.5) is 0 Å². The van der Waals surface area contributed by atoms with Crippen LogP contribution in [0.2, 0.25) is 0 Å². The predicted octanol–water partition coefficient (Wildman–Crippen LogP) is 1.33. The highest BCUT2D eigenvalue weighted by atomic mass is 16.4. The molecule has 1 atom stereocenters. The third kappa shape index (κ3) is 3.79. The Hall–Kier alpha value is -2.40. The lowest BCUT2D eigenvalue weighted by molar-refractivity contribution is -0.142. The second kappa shape index (κ2) is 6.85. The first-order chi connectivity index (χ1) is 10.1. The summed E-state index contributed by atoms with van der Waals surface area (Å²) in [7, 11) is 0. The summed E-state index contributed by atoms with van der Waals surface area (Å²) in [6, 6.07) is 12.5. The van der Waals surface area contributed by atoms with E-state index >= 15 is 0 Å². The van der Waals surface area contributed by atoms with Crippen molar-refractivity contribution in [3.63, 3.8) is 0 Å². The lowest BCUT2D eigenvalue weighted by Crippen LogP contribution is -2.43. The van der Waals surface area contributed by atoms with Crippen LogP contribution >= 0.6 is 0 Å². The van der Waals surface area contributed by atoms with Gasteiger partial charge in [-0.05, 0) is 22.8 Å².